The molecule has 0 aliphatic heterocycles. The maximum atomic E-state index is 6.25. The molecule has 3 nitrogen and oxygen atoms in total. The number of hydrogen-bond donors (Lipinski definition) is 0. The minimum Gasteiger partial charge on any atom is -0.512 e. The van der Waals surface area contributed by atoms with E-state index in [4.69, 9.17) is 23.7 Å². The van der Waals surface area contributed by atoms with E-state index in [0.29, 0.717) is 0 Å². The van der Waals surface area contributed by atoms with Gasteiger partial charge in [-0.2, -0.15) is 0 Å². The monoisotopic (exact) mass is 471 g/mol. The summed E-state index contributed by atoms with van der Waals surface area (Å²) in [7, 11) is 6.89. The van der Waals surface area contributed by atoms with Crippen molar-refractivity contribution in [2.75, 3.05) is 27.7 Å². The van der Waals surface area contributed by atoms with Gasteiger partial charge in [0.05, 0.1) is 27.7 Å². The van der Waals surface area contributed by atoms with Crippen LogP contribution in [-0.4, -0.2) is 32.2 Å². The van der Waals surface area contributed by atoms with Gasteiger partial charge in [-0.05, 0) is 12.8 Å². The first-order valence-corrected chi connectivity index (χ1v) is 10.8. The molecule has 0 N–H and O–H groups in total. The minimum absolute atomic E-state index is 0. The van der Waals surface area contributed by atoms with Crippen molar-refractivity contribution in [2.24, 2.45) is 0 Å². The molecule has 0 spiro atoms. The summed E-state index contributed by atoms with van der Waals surface area (Å²) in [4.78, 5) is 0. The SMILES string of the molecule is CCCCCCCCCCCCCCCCCC[N+](C)(C)C.[Ag+].[C-]#N.[C-]#N. The van der Waals surface area contributed by atoms with Crippen LogP contribution in [0.3, 0.4) is 0 Å². The van der Waals surface area contributed by atoms with Crippen LogP contribution < -0.4 is 0 Å². The topological polar surface area (TPSA) is 47.6 Å². The summed E-state index contributed by atoms with van der Waals surface area (Å²) in [6, 6.07) is 0. The Morgan fingerprint density at radius 2 is 0.704 bits per heavy atom. The molecule has 0 aromatic rings. The Labute approximate surface area is 187 Å². The molecule has 4 heteroatoms. The fourth-order valence-electron chi connectivity index (χ4n) is 3.13. The Morgan fingerprint density at radius 1 is 0.481 bits per heavy atom. The van der Waals surface area contributed by atoms with Crippen LogP contribution in [0.25, 0.3) is 0 Å². The van der Waals surface area contributed by atoms with E-state index in [0.717, 1.165) is 4.48 Å². The van der Waals surface area contributed by atoms with Crippen LogP contribution in [0, 0.1) is 23.7 Å². The Kier molecular flexibility index (Phi) is 38.5. The quantitative estimate of drug-likeness (QED) is 0.0977. The van der Waals surface area contributed by atoms with Crippen molar-refractivity contribution in [3.8, 4) is 0 Å². The van der Waals surface area contributed by atoms with Crippen molar-refractivity contribution in [3.63, 3.8) is 0 Å². The molecule has 0 saturated heterocycles. The van der Waals surface area contributed by atoms with Gasteiger partial charge in [-0.1, -0.05) is 96.8 Å². The van der Waals surface area contributed by atoms with E-state index in [9.17, 15) is 0 Å². The average molecular weight is 473 g/mol. The Balaban J connectivity index is -0.000000492. The predicted molar refractivity (Wildman–Crippen MR) is 112 cm³/mol. The van der Waals surface area contributed by atoms with E-state index < -0.39 is 0 Å². The smallest absolute Gasteiger partial charge is 0.512 e. The number of quaternary nitrogens is 1. The second-order valence-corrected chi connectivity index (χ2v) is 8.32. The Hall–Kier alpha value is -0.320. The molecule has 0 saturated carbocycles. The molecule has 0 amide bonds. The molecule has 0 heterocycles. The molecule has 0 atom stereocenters. The van der Waals surface area contributed by atoms with E-state index in [1.165, 1.54) is 109 Å². The zero-order valence-corrected chi connectivity index (χ0v) is 20.1. The molecule has 27 heavy (non-hydrogen) atoms. The fraction of sp³-hybridized carbons (Fsp3) is 0.913. The van der Waals surface area contributed by atoms with Crippen LogP contribution >= 0.6 is 0 Å². The molecular formula is C23H46AgN3. The third-order valence-electron chi connectivity index (χ3n) is 4.68. The van der Waals surface area contributed by atoms with Gasteiger partial charge in [0.2, 0.25) is 0 Å². The largest absolute Gasteiger partial charge is 1.00 e. The number of hydrogen-bond acceptors (Lipinski definition) is 2. The van der Waals surface area contributed by atoms with Crippen LogP contribution in [0.5, 0.6) is 0 Å². The van der Waals surface area contributed by atoms with Gasteiger partial charge in [0.15, 0.2) is 0 Å². The molecule has 0 bridgehead atoms. The summed E-state index contributed by atoms with van der Waals surface area (Å²) in [5.74, 6) is 0. The second kappa shape index (κ2) is 30.4. The first-order chi connectivity index (χ1) is 12.6. The molecule has 0 aromatic heterocycles. The van der Waals surface area contributed by atoms with Crippen LogP contribution in [0.2, 0.25) is 0 Å². The molecular weight excluding hydrogens is 426 g/mol. The zero-order chi connectivity index (χ0) is 20.5. The average Bonchev–Trinajstić information content (AvgIpc) is 2.64. The van der Waals surface area contributed by atoms with Gasteiger partial charge in [-0.15, -0.1) is 0 Å². The second-order valence-electron chi connectivity index (χ2n) is 8.32. The molecule has 0 aliphatic carbocycles. The molecule has 164 valence electrons. The van der Waals surface area contributed by atoms with Crippen molar-refractivity contribution < 1.29 is 26.9 Å². The van der Waals surface area contributed by atoms with Crippen molar-refractivity contribution in [2.45, 2.75) is 110 Å². The summed E-state index contributed by atoms with van der Waals surface area (Å²) in [5.41, 5.74) is 0. The van der Waals surface area contributed by atoms with E-state index in [-0.39, 0.29) is 22.4 Å². The van der Waals surface area contributed by atoms with Gasteiger partial charge in [0.25, 0.3) is 0 Å². The maximum Gasteiger partial charge on any atom is 1.00 e. The van der Waals surface area contributed by atoms with Crippen LogP contribution in [-0.2, 0) is 22.4 Å². The van der Waals surface area contributed by atoms with Gasteiger partial charge in [-0.25, -0.2) is 0 Å². The van der Waals surface area contributed by atoms with Gasteiger partial charge in [0.1, 0.15) is 0 Å². The molecule has 0 fully saturated rings. The molecule has 0 aromatic carbocycles. The number of unbranched alkanes of at least 4 members (excludes halogenated alkanes) is 15. The Bertz CT molecular complexity index is 276. The van der Waals surface area contributed by atoms with Crippen molar-refractivity contribution in [3.05, 3.63) is 13.1 Å². The van der Waals surface area contributed by atoms with E-state index in [1.54, 1.807) is 0 Å². The maximum absolute atomic E-state index is 6.25. The summed E-state index contributed by atoms with van der Waals surface area (Å²) < 4.78 is 1.12. The normalized spacial score (nSPS) is 9.93. The standard InChI is InChI=1S/C21H46N.2CN.Ag/c1-5-6-7-8-9-10-11-12-13-14-15-16-17-18-19-20-21-22(2,3)4;2*1-2;/h5-21H2,1-4H3;;;/q+1;2*-1;+1. The van der Waals surface area contributed by atoms with Crippen molar-refractivity contribution in [1.82, 2.24) is 0 Å². The van der Waals surface area contributed by atoms with Crippen molar-refractivity contribution >= 4 is 0 Å². The Morgan fingerprint density at radius 3 is 0.926 bits per heavy atom. The third kappa shape index (κ3) is 41.3. The predicted octanol–water partition coefficient (Wildman–Crippen LogP) is 7.14. The van der Waals surface area contributed by atoms with Gasteiger partial charge in [0, 0.05) is 0 Å². The van der Waals surface area contributed by atoms with Crippen LogP contribution in [0.1, 0.15) is 110 Å². The minimum atomic E-state index is 0. The van der Waals surface area contributed by atoms with E-state index in [2.05, 4.69) is 28.1 Å². The van der Waals surface area contributed by atoms with Gasteiger partial charge >= 0.3 is 22.4 Å². The first-order valence-electron chi connectivity index (χ1n) is 10.8. The summed E-state index contributed by atoms with van der Waals surface area (Å²) >= 11 is 0. The zero-order valence-electron chi connectivity index (χ0n) is 18.7. The molecule has 0 radical (unpaired) electrons. The molecule has 0 aliphatic rings. The fourth-order valence-corrected chi connectivity index (χ4v) is 3.13. The van der Waals surface area contributed by atoms with E-state index >= 15 is 0 Å². The van der Waals surface area contributed by atoms with Crippen LogP contribution in [0.4, 0.5) is 0 Å². The molecule has 0 rings (SSSR count). The number of nitrogens with zero attached hydrogens (tertiary/aromatic N) is 3. The van der Waals surface area contributed by atoms with Gasteiger partial charge in [-0.3, -0.25) is 0 Å². The van der Waals surface area contributed by atoms with Crippen LogP contribution in [0.15, 0.2) is 0 Å². The summed E-state index contributed by atoms with van der Waals surface area (Å²) in [6.07, 6.45) is 23.4. The summed E-state index contributed by atoms with van der Waals surface area (Å²) in [6.45, 7) is 13.1. The first kappa shape index (κ1) is 34.2. The van der Waals surface area contributed by atoms with Crippen molar-refractivity contribution in [1.29, 1.82) is 10.5 Å². The summed E-state index contributed by atoms with van der Waals surface area (Å²) in [5, 5.41) is 12.5. The number of rotatable bonds is 17. The molecule has 0 unspecified atom stereocenters. The van der Waals surface area contributed by atoms with Gasteiger partial charge < -0.3 is 28.2 Å². The third-order valence-corrected chi connectivity index (χ3v) is 4.68. The van der Waals surface area contributed by atoms with E-state index in [1.807, 2.05) is 0 Å².